The quantitative estimate of drug-likeness (QED) is 0.744. The van der Waals surface area contributed by atoms with Crippen molar-refractivity contribution < 1.29 is 9.78 Å². The number of aromatic nitrogens is 1. The molecule has 0 aliphatic heterocycles. The smallest absolute Gasteiger partial charge is 0.319 e. The van der Waals surface area contributed by atoms with Gasteiger partial charge < -0.3 is 5.32 Å². The summed E-state index contributed by atoms with van der Waals surface area (Å²) in [4.78, 5) is 15.3. The van der Waals surface area contributed by atoms with Gasteiger partial charge in [-0.2, -0.15) is 0 Å². The third-order valence-electron chi connectivity index (χ3n) is 2.92. The maximum absolute atomic E-state index is 12.3. The van der Waals surface area contributed by atoms with Crippen LogP contribution in [0.4, 0.5) is 10.8 Å². The van der Waals surface area contributed by atoms with Crippen LogP contribution in [0.25, 0.3) is 10.2 Å². The van der Waals surface area contributed by atoms with E-state index < -0.39 is 0 Å². The van der Waals surface area contributed by atoms with E-state index in [1.165, 1.54) is 11.3 Å². The van der Waals surface area contributed by atoms with Gasteiger partial charge in [0.1, 0.15) is 5.52 Å². The van der Waals surface area contributed by atoms with Crippen LogP contribution in [0.1, 0.15) is 10.4 Å². The van der Waals surface area contributed by atoms with Gasteiger partial charge in [-0.25, -0.2) is 4.98 Å². The Bertz CT molecular complexity index is 827. The number of hydrogen-bond acceptors (Lipinski definition) is 3. The largest absolute Gasteiger partial charge is 0.330 e. The number of rotatable bonds is 2. The lowest BCUT2D eigenvalue weighted by atomic mass is 10.2. The number of hydrogen-bond donors (Lipinski definition) is 2. The van der Waals surface area contributed by atoms with E-state index in [0.717, 1.165) is 10.2 Å². The number of amides is 1. The summed E-state index contributed by atoms with van der Waals surface area (Å²) in [5.74, 6) is -0.279. The molecule has 4 nitrogen and oxygen atoms in total. The van der Waals surface area contributed by atoms with Gasteiger partial charge in [0.2, 0.25) is 0 Å². The van der Waals surface area contributed by atoms with Crippen LogP contribution in [-0.4, -0.2) is 5.91 Å². The average molecular weight is 339 g/mol. The molecule has 0 radical (unpaired) electrons. The summed E-state index contributed by atoms with van der Waals surface area (Å²) in [7, 11) is 0. The van der Waals surface area contributed by atoms with Gasteiger partial charge in [-0.3, -0.25) is 10.5 Å². The Labute approximate surface area is 134 Å². The summed E-state index contributed by atoms with van der Waals surface area (Å²) in [5.41, 5.74) is 7.51. The summed E-state index contributed by atoms with van der Waals surface area (Å²) in [6.45, 7) is 0. The highest BCUT2D eigenvalue weighted by molar-refractivity contribution is 7.21. The number of fused-ring (bicyclic) bond motifs is 1. The number of halogens is 2. The number of nitrogens with one attached hydrogen (secondary N) is 2. The number of carbonyl (C=O) groups is 1. The van der Waals surface area contributed by atoms with Crippen molar-refractivity contribution in [2.45, 2.75) is 0 Å². The molecule has 0 aliphatic carbocycles. The van der Waals surface area contributed by atoms with Crippen LogP contribution in [-0.2, 0) is 0 Å². The number of thiazole rings is 1. The third-order valence-corrected chi connectivity index (χ3v) is 4.43. The van der Waals surface area contributed by atoms with Crippen molar-refractivity contribution in [3.05, 3.63) is 52.0 Å². The van der Waals surface area contributed by atoms with E-state index in [4.69, 9.17) is 28.9 Å². The predicted octanol–water partition coefficient (Wildman–Crippen LogP) is 3.86. The fourth-order valence-electron chi connectivity index (χ4n) is 1.93. The molecule has 3 rings (SSSR count). The van der Waals surface area contributed by atoms with Gasteiger partial charge in [0.05, 0.1) is 20.4 Å². The fourth-order valence-corrected chi connectivity index (χ4v) is 3.24. The van der Waals surface area contributed by atoms with Crippen LogP contribution in [0.2, 0.25) is 10.0 Å². The molecule has 1 amide bonds. The van der Waals surface area contributed by atoms with E-state index in [-0.39, 0.29) is 5.91 Å². The number of nitrogens with two attached hydrogens (primary N) is 1. The van der Waals surface area contributed by atoms with E-state index in [2.05, 4.69) is 10.3 Å². The molecule has 2 aromatic carbocycles. The lowest BCUT2D eigenvalue weighted by Crippen LogP contribution is -2.12. The molecule has 1 aromatic heterocycles. The van der Waals surface area contributed by atoms with Crippen molar-refractivity contribution in [3.63, 3.8) is 0 Å². The van der Waals surface area contributed by atoms with E-state index in [9.17, 15) is 4.79 Å². The first-order chi connectivity index (χ1) is 10.0. The molecule has 0 bridgehead atoms. The summed E-state index contributed by atoms with van der Waals surface area (Å²) in [6, 6.07) is 10.3. The monoisotopic (exact) mass is 338 g/mol. The van der Waals surface area contributed by atoms with Crippen molar-refractivity contribution in [2.75, 3.05) is 11.1 Å². The minimum atomic E-state index is -0.279. The summed E-state index contributed by atoms with van der Waals surface area (Å²) in [5, 5.41) is 4.11. The summed E-state index contributed by atoms with van der Waals surface area (Å²) >= 11 is 13.5. The van der Waals surface area contributed by atoms with Crippen LogP contribution in [0.15, 0.2) is 36.4 Å². The second-order valence-electron chi connectivity index (χ2n) is 4.35. The fraction of sp³-hybridized carbons (Fsp3) is 0. The Morgan fingerprint density at radius 3 is 2.62 bits per heavy atom. The number of H-pyrrole nitrogens is 1. The van der Waals surface area contributed by atoms with E-state index >= 15 is 0 Å². The second kappa shape index (κ2) is 5.52. The van der Waals surface area contributed by atoms with Gasteiger partial charge in [-0.05, 0) is 41.7 Å². The highest BCUT2D eigenvalue weighted by Crippen LogP contribution is 2.30. The molecular formula is C14H10Cl2N3OS+. The first-order valence-corrected chi connectivity index (χ1v) is 7.58. The topological polar surface area (TPSA) is 69.3 Å². The zero-order valence-electron chi connectivity index (χ0n) is 10.6. The molecule has 106 valence electrons. The summed E-state index contributed by atoms with van der Waals surface area (Å²) in [6.07, 6.45) is 0. The van der Waals surface area contributed by atoms with Gasteiger partial charge in [-0.1, -0.05) is 29.3 Å². The molecule has 0 atom stereocenters. The molecule has 0 unspecified atom stereocenters. The first-order valence-electron chi connectivity index (χ1n) is 6.01. The summed E-state index contributed by atoms with van der Waals surface area (Å²) < 4.78 is 0.908. The molecule has 0 saturated heterocycles. The van der Waals surface area contributed by atoms with Crippen LogP contribution in [0.3, 0.4) is 0 Å². The zero-order chi connectivity index (χ0) is 15.0. The number of nitrogen functional groups attached to an aromatic ring is 1. The molecule has 0 fully saturated rings. The second-order valence-corrected chi connectivity index (χ2v) is 6.25. The van der Waals surface area contributed by atoms with Crippen molar-refractivity contribution in [1.82, 2.24) is 0 Å². The number of para-hydroxylation sites is 1. The van der Waals surface area contributed by atoms with Gasteiger partial charge in [0.25, 0.3) is 5.91 Å². The number of aromatic amines is 1. The minimum absolute atomic E-state index is 0.279. The lowest BCUT2D eigenvalue weighted by Gasteiger charge is -2.08. The average Bonchev–Trinajstić information content (AvgIpc) is 2.81. The van der Waals surface area contributed by atoms with Gasteiger partial charge in [-0.15, -0.1) is 0 Å². The van der Waals surface area contributed by atoms with E-state index in [1.807, 2.05) is 6.07 Å². The predicted molar refractivity (Wildman–Crippen MR) is 87.2 cm³/mol. The van der Waals surface area contributed by atoms with Crippen molar-refractivity contribution in [1.29, 1.82) is 0 Å². The van der Waals surface area contributed by atoms with E-state index in [0.29, 0.717) is 26.4 Å². The van der Waals surface area contributed by atoms with Gasteiger partial charge in [0, 0.05) is 5.56 Å². The lowest BCUT2D eigenvalue weighted by molar-refractivity contribution is -0.320. The van der Waals surface area contributed by atoms with Crippen molar-refractivity contribution in [3.8, 4) is 0 Å². The molecule has 7 heteroatoms. The molecule has 1 heterocycles. The van der Waals surface area contributed by atoms with Crippen LogP contribution < -0.4 is 16.0 Å². The number of anilines is 2. The van der Waals surface area contributed by atoms with E-state index in [1.54, 1.807) is 30.3 Å². The normalized spacial score (nSPS) is 10.8. The van der Waals surface area contributed by atoms with Crippen LogP contribution >= 0.6 is 34.5 Å². The molecule has 0 spiro atoms. The number of benzene rings is 2. The number of carbonyl (C=O) groups excluding carboxylic acids is 1. The van der Waals surface area contributed by atoms with Crippen molar-refractivity contribution in [2.24, 2.45) is 0 Å². The highest BCUT2D eigenvalue weighted by Gasteiger charge is 2.13. The Balaban J connectivity index is 1.93. The first kappa shape index (κ1) is 14.1. The molecule has 0 saturated carbocycles. The van der Waals surface area contributed by atoms with Gasteiger partial charge >= 0.3 is 5.13 Å². The minimum Gasteiger partial charge on any atom is -0.319 e. The standard InChI is InChI=1S/C14H9Cl2N3OS/c15-8-2-1-3-9(16)12(8)19-13(20)7-4-5-10-11(6-7)21-14(17)18-10/h1-6H,(H2,17,18)(H,19,20)/p+1. The maximum Gasteiger partial charge on any atom is 0.330 e. The molecule has 0 aliphatic rings. The maximum atomic E-state index is 12.3. The van der Waals surface area contributed by atoms with Crippen molar-refractivity contribution >= 4 is 61.5 Å². The molecular weight excluding hydrogens is 329 g/mol. The molecule has 3 aromatic rings. The van der Waals surface area contributed by atoms with Crippen LogP contribution in [0, 0.1) is 0 Å². The SMILES string of the molecule is Nc1[nH+]c2ccc(C(=O)Nc3c(Cl)cccc3Cl)cc2s1. The Kier molecular flexibility index (Phi) is 3.71. The zero-order valence-corrected chi connectivity index (χ0v) is 12.9. The Morgan fingerprint density at radius 1 is 1.19 bits per heavy atom. The highest BCUT2D eigenvalue weighted by atomic mass is 35.5. The Morgan fingerprint density at radius 2 is 1.90 bits per heavy atom. The van der Waals surface area contributed by atoms with Crippen LogP contribution in [0.5, 0.6) is 0 Å². The molecule has 21 heavy (non-hydrogen) atoms. The third kappa shape index (κ3) is 2.81. The Hall–Kier alpha value is -1.82. The molecule has 4 N–H and O–H groups in total. The van der Waals surface area contributed by atoms with Gasteiger partial charge in [0.15, 0.2) is 0 Å².